The molecular formula is C18H20ClNO. The van der Waals surface area contributed by atoms with Gasteiger partial charge < -0.3 is 5.32 Å². The molecule has 0 aliphatic carbocycles. The molecule has 2 rings (SSSR count). The van der Waals surface area contributed by atoms with Crippen molar-refractivity contribution in [3.05, 3.63) is 59.1 Å². The summed E-state index contributed by atoms with van der Waals surface area (Å²) in [6, 6.07) is 16.0. The van der Waals surface area contributed by atoms with Crippen molar-refractivity contribution >= 4 is 17.5 Å². The molecule has 0 bridgehead atoms. The molecule has 0 aromatic heterocycles. The van der Waals surface area contributed by atoms with Gasteiger partial charge in [0.25, 0.3) is 0 Å². The van der Waals surface area contributed by atoms with E-state index >= 15 is 0 Å². The molecule has 110 valence electrons. The van der Waals surface area contributed by atoms with Gasteiger partial charge in [-0.3, -0.25) is 4.79 Å². The fraction of sp³-hybridized carbons (Fsp3) is 0.278. The standard InChI is InChI=1S/C18H20ClNO/c1-13(2)11-18(21)20-12-14-3-5-15(6-4-14)16-7-9-17(19)10-8-16/h3-10,13H,11-12H2,1-2H3,(H,20,21). The Morgan fingerprint density at radius 1 is 1.00 bits per heavy atom. The molecule has 0 fully saturated rings. The first kappa shape index (κ1) is 15.6. The number of hydrogen-bond donors (Lipinski definition) is 1. The van der Waals surface area contributed by atoms with Gasteiger partial charge in [-0.05, 0) is 34.7 Å². The van der Waals surface area contributed by atoms with E-state index in [4.69, 9.17) is 11.6 Å². The summed E-state index contributed by atoms with van der Waals surface area (Å²) < 4.78 is 0. The normalized spacial score (nSPS) is 10.7. The van der Waals surface area contributed by atoms with Gasteiger partial charge in [0.15, 0.2) is 0 Å². The van der Waals surface area contributed by atoms with Crippen LogP contribution in [0.3, 0.4) is 0 Å². The largest absolute Gasteiger partial charge is 0.352 e. The first-order chi connectivity index (χ1) is 10.0. The molecule has 0 unspecified atom stereocenters. The molecule has 0 atom stereocenters. The molecule has 0 saturated carbocycles. The molecule has 1 N–H and O–H groups in total. The third-order valence-corrected chi connectivity index (χ3v) is 3.47. The summed E-state index contributed by atoms with van der Waals surface area (Å²) in [5.74, 6) is 0.490. The number of carbonyl (C=O) groups excluding carboxylic acids is 1. The zero-order chi connectivity index (χ0) is 15.2. The number of rotatable bonds is 5. The Hall–Kier alpha value is -1.80. The maximum Gasteiger partial charge on any atom is 0.220 e. The van der Waals surface area contributed by atoms with E-state index in [0.29, 0.717) is 18.9 Å². The number of halogens is 1. The van der Waals surface area contributed by atoms with Crippen molar-refractivity contribution in [1.82, 2.24) is 5.32 Å². The van der Waals surface area contributed by atoms with Crippen LogP contribution in [0.5, 0.6) is 0 Å². The van der Waals surface area contributed by atoms with Gasteiger partial charge >= 0.3 is 0 Å². The first-order valence-electron chi connectivity index (χ1n) is 7.16. The molecule has 2 aromatic carbocycles. The van der Waals surface area contributed by atoms with Crippen LogP contribution in [0.25, 0.3) is 11.1 Å². The quantitative estimate of drug-likeness (QED) is 0.854. The van der Waals surface area contributed by atoms with Crippen LogP contribution in [-0.2, 0) is 11.3 Å². The Balaban J connectivity index is 1.96. The molecule has 3 heteroatoms. The zero-order valence-corrected chi connectivity index (χ0v) is 13.2. The Morgan fingerprint density at radius 2 is 1.52 bits per heavy atom. The minimum absolute atomic E-state index is 0.103. The van der Waals surface area contributed by atoms with Crippen LogP contribution in [0.2, 0.25) is 5.02 Å². The second-order valence-corrected chi connectivity index (χ2v) is 6.01. The van der Waals surface area contributed by atoms with Crippen LogP contribution in [0.15, 0.2) is 48.5 Å². The van der Waals surface area contributed by atoms with Gasteiger partial charge in [-0.2, -0.15) is 0 Å². The lowest BCUT2D eigenvalue weighted by atomic mass is 10.0. The Morgan fingerprint density at radius 3 is 2.05 bits per heavy atom. The highest BCUT2D eigenvalue weighted by Crippen LogP contribution is 2.21. The second kappa shape index (κ2) is 7.28. The van der Waals surface area contributed by atoms with Crippen LogP contribution in [0.1, 0.15) is 25.8 Å². The predicted molar refractivity (Wildman–Crippen MR) is 88.2 cm³/mol. The molecule has 2 nitrogen and oxygen atoms in total. The van der Waals surface area contributed by atoms with Gasteiger partial charge in [0.1, 0.15) is 0 Å². The average Bonchev–Trinajstić information content (AvgIpc) is 2.46. The first-order valence-corrected chi connectivity index (χ1v) is 7.54. The van der Waals surface area contributed by atoms with Gasteiger partial charge in [0.2, 0.25) is 5.91 Å². The van der Waals surface area contributed by atoms with Crippen LogP contribution in [0, 0.1) is 5.92 Å². The zero-order valence-electron chi connectivity index (χ0n) is 12.4. The molecule has 21 heavy (non-hydrogen) atoms. The number of amides is 1. The predicted octanol–water partition coefficient (Wildman–Crippen LogP) is 4.67. The van der Waals surface area contributed by atoms with Gasteiger partial charge in [0, 0.05) is 18.0 Å². The Bertz CT molecular complexity index is 588. The van der Waals surface area contributed by atoms with E-state index in [1.165, 1.54) is 0 Å². The third kappa shape index (κ3) is 4.91. The number of carbonyl (C=O) groups is 1. The van der Waals surface area contributed by atoms with Crippen LogP contribution in [-0.4, -0.2) is 5.91 Å². The molecule has 0 heterocycles. The molecule has 2 aromatic rings. The fourth-order valence-electron chi connectivity index (χ4n) is 2.10. The maximum absolute atomic E-state index is 11.6. The second-order valence-electron chi connectivity index (χ2n) is 5.58. The highest BCUT2D eigenvalue weighted by molar-refractivity contribution is 6.30. The highest BCUT2D eigenvalue weighted by Gasteiger charge is 2.04. The summed E-state index contributed by atoms with van der Waals surface area (Å²) >= 11 is 5.89. The van der Waals surface area contributed by atoms with Crippen LogP contribution in [0.4, 0.5) is 0 Å². The van der Waals surface area contributed by atoms with Crippen LogP contribution < -0.4 is 5.32 Å². The van der Waals surface area contributed by atoms with E-state index in [1.54, 1.807) is 0 Å². The SMILES string of the molecule is CC(C)CC(=O)NCc1ccc(-c2ccc(Cl)cc2)cc1. The fourth-order valence-corrected chi connectivity index (χ4v) is 2.23. The molecule has 0 radical (unpaired) electrons. The Kier molecular flexibility index (Phi) is 5.40. The topological polar surface area (TPSA) is 29.1 Å². The van der Waals surface area contributed by atoms with E-state index in [1.807, 2.05) is 50.2 Å². The van der Waals surface area contributed by atoms with Crippen molar-refractivity contribution in [3.8, 4) is 11.1 Å². The van der Waals surface area contributed by atoms with Gasteiger partial charge in [-0.15, -0.1) is 0 Å². The van der Waals surface area contributed by atoms with E-state index in [-0.39, 0.29) is 5.91 Å². The molecular weight excluding hydrogens is 282 g/mol. The van der Waals surface area contributed by atoms with Crippen molar-refractivity contribution in [3.63, 3.8) is 0 Å². The third-order valence-electron chi connectivity index (χ3n) is 3.21. The van der Waals surface area contributed by atoms with Crippen molar-refractivity contribution in [2.75, 3.05) is 0 Å². The number of benzene rings is 2. The summed E-state index contributed by atoms with van der Waals surface area (Å²) in [5, 5.41) is 3.68. The monoisotopic (exact) mass is 301 g/mol. The summed E-state index contributed by atoms with van der Waals surface area (Å²) in [5.41, 5.74) is 3.38. The van der Waals surface area contributed by atoms with Gasteiger partial charge in [0.05, 0.1) is 0 Å². The molecule has 0 aliphatic rings. The lowest BCUT2D eigenvalue weighted by Gasteiger charge is -2.08. The van der Waals surface area contributed by atoms with E-state index in [9.17, 15) is 4.79 Å². The molecule has 0 aliphatic heterocycles. The lowest BCUT2D eigenvalue weighted by molar-refractivity contribution is -0.121. The smallest absolute Gasteiger partial charge is 0.220 e. The summed E-state index contributed by atoms with van der Waals surface area (Å²) in [6.45, 7) is 4.66. The maximum atomic E-state index is 11.6. The van der Waals surface area contributed by atoms with E-state index < -0.39 is 0 Å². The van der Waals surface area contributed by atoms with Crippen molar-refractivity contribution in [2.24, 2.45) is 5.92 Å². The summed E-state index contributed by atoms with van der Waals surface area (Å²) in [4.78, 5) is 11.6. The van der Waals surface area contributed by atoms with Gasteiger partial charge in [-0.1, -0.05) is 61.8 Å². The van der Waals surface area contributed by atoms with Crippen molar-refractivity contribution in [1.29, 1.82) is 0 Å². The van der Waals surface area contributed by atoms with E-state index in [0.717, 1.165) is 21.7 Å². The minimum Gasteiger partial charge on any atom is -0.352 e. The highest BCUT2D eigenvalue weighted by atomic mass is 35.5. The van der Waals surface area contributed by atoms with E-state index in [2.05, 4.69) is 17.4 Å². The number of nitrogens with one attached hydrogen (secondary N) is 1. The minimum atomic E-state index is 0.103. The molecule has 0 saturated heterocycles. The number of hydrogen-bond acceptors (Lipinski definition) is 1. The molecule has 0 spiro atoms. The van der Waals surface area contributed by atoms with Crippen molar-refractivity contribution in [2.45, 2.75) is 26.8 Å². The van der Waals surface area contributed by atoms with Crippen LogP contribution >= 0.6 is 11.6 Å². The summed E-state index contributed by atoms with van der Waals surface area (Å²) in [7, 11) is 0. The lowest BCUT2D eigenvalue weighted by Crippen LogP contribution is -2.23. The molecule has 1 amide bonds. The average molecular weight is 302 g/mol. The Labute approximate surface area is 131 Å². The van der Waals surface area contributed by atoms with Crippen molar-refractivity contribution < 1.29 is 4.79 Å². The van der Waals surface area contributed by atoms with Gasteiger partial charge in [-0.25, -0.2) is 0 Å². The summed E-state index contributed by atoms with van der Waals surface area (Å²) in [6.07, 6.45) is 0.572.